The van der Waals surface area contributed by atoms with E-state index in [1.165, 1.54) is 13.8 Å². The molecule has 0 unspecified atom stereocenters. The summed E-state index contributed by atoms with van der Waals surface area (Å²) in [5, 5.41) is 0. The molecule has 3 heteroatoms. The van der Waals surface area contributed by atoms with Gasteiger partial charge < -0.3 is 4.74 Å². The molecule has 0 amide bonds. The Kier molecular flexibility index (Phi) is 3.40. The molecule has 0 fully saturated rings. The van der Waals surface area contributed by atoms with E-state index < -0.39 is 0 Å². The van der Waals surface area contributed by atoms with Crippen LogP contribution in [0, 0.1) is 0 Å². The highest BCUT2D eigenvalue weighted by atomic mass is 16.5. The van der Waals surface area contributed by atoms with Crippen molar-refractivity contribution >= 4 is 11.8 Å². The molecule has 0 aromatic heterocycles. The smallest absolute Gasteiger partial charge is 0.308 e. The number of hydrogen-bond donors (Lipinski definition) is 0. The van der Waals surface area contributed by atoms with Crippen molar-refractivity contribution in [2.75, 3.05) is 0 Å². The standard InChI is InChI=1S/C11H12O3/c1-8(12)6-10-4-3-5-11(7-10)14-9(2)13/h3-5,7H,6H2,1-2H3. The monoisotopic (exact) mass is 192 g/mol. The van der Waals surface area contributed by atoms with E-state index in [0.29, 0.717) is 12.2 Å². The van der Waals surface area contributed by atoms with Gasteiger partial charge in [0.15, 0.2) is 0 Å². The fourth-order valence-electron chi connectivity index (χ4n) is 1.17. The third-order valence-electron chi connectivity index (χ3n) is 1.61. The molecule has 0 saturated carbocycles. The quantitative estimate of drug-likeness (QED) is 0.541. The Morgan fingerprint density at radius 2 is 2.00 bits per heavy atom. The molecule has 0 N–H and O–H groups in total. The van der Waals surface area contributed by atoms with Crippen LogP contribution in [-0.4, -0.2) is 11.8 Å². The molecule has 0 radical (unpaired) electrons. The molecule has 1 rings (SSSR count). The molecule has 0 saturated heterocycles. The second kappa shape index (κ2) is 4.56. The van der Waals surface area contributed by atoms with Crippen LogP contribution in [0.1, 0.15) is 19.4 Å². The molecule has 1 aromatic rings. The van der Waals surface area contributed by atoms with Crippen molar-refractivity contribution in [1.82, 2.24) is 0 Å². The summed E-state index contributed by atoms with van der Waals surface area (Å²) in [5.74, 6) is 0.214. The predicted molar refractivity (Wildman–Crippen MR) is 52.1 cm³/mol. The molecule has 0 aliphatic heterocycles. The zero-order chi connectivity index (χ0) is 10.6. The molecule has 0 aliphatic rings. The number of rotatable bonds is 3. The summed E-state index contributed by atoms with van der Waals surface area (Å²) in [6.07, 6.45) is 0.370. The van der Waals surface area contributed by atoms with Gasteiger partial charge in [-0.3, -0.25) is 9.59 Å². The summed E-state index contributed by atoms with van der Waals surface area (Å²) in [7, 11) is 0. The van der Waals surface area contributed by atoms with Crippen LogP contribution >= 0.6 is 0 Å². The minimum Gasteiger partial charge on any atom is -0.427 e. The van der Waals surface area contributed by atoms with E-state index in [1.807, 2.05) is 6.07 Å². The Balaban J connectivity index is 2.78. The molecule has 0 bridgehead atoms. The van der Waals surface area contributed by atoms with Crippen LogP contribution in [0.5, 0.6) is 5.75 Å². The Bertz CT molecular complexity index is 324. The fourth-order valence-corrected chi connectivity index (χ4v) is 1.17. The van der Waals surface area contributed by atoms with Crippen LogP contribution in [0.4, 0.5) is 0 Å². The van der Waals surface area contributed by atoms with Crippen molar-refractivity contribution in [1.29, 1.82) is 0 Å². The van der Waals surface area contributed by atoms with Gasteiger partial charge in [0, 0.05) is 13.3 Å². The molecule has 0 spiro atoms. The topological polar surface area (TPSA) is 43.4 Å². The first kappa shape index (κ1) is 10.4. The van der Waals surface area contributed by atoms with Gasteiger partial charge in [-0.25, -0.2) is 0 Å². The third-order valence-corrected chi connectivity index (χ3v) is 1.61. The Labute approximate surface area is 82.7 Å². The van der Waals surface area contributed by atoms with E-state index in [1.54, 1.807) is 18.2 Å². The van der Waals surface area contributed by atoms with Gasteiger partial charge in [-0.15, -0.1) is 0 Å². The maximum Gasteiger partial charge on any atom is 0.308 e. The molecule has 0 heterocycles. The van der Waals surface area contributed by atoms with E-state index in [2.05, 4.69) is 0 Å². The Morgan fingerprint density at radius 3 is 2.57 bits per heavy atom. The number of carbonyl (C=O) groups is 2. The van der Waals surface area contributed by atoms with E-state index in [0.717, 1.165) is 5.56 Å². The first-order valence-corrected chi connectivity index (χ1v) is 4.34. The van der Waals surface area contributed by atoms with Crippen molar-refractivity contribution in [3.8, 4) is 5.75 Å². The van der Waals surface area contributed by atoms with Crippen molar-refractivity contribution < 1.29 is 14.3 Å². The summed E-state index contributed by atoms with van der Waals surface area (Å²) >= 11 is 0. The summed E-state index contributed by atoms with van der Waals surface area (Å²) in [6.45, 7) is 2.87. The molecule has 3 nitrogen and oxygen atoms in total. The zero-order valence-corrected chi connectivity index (χ0v) is 8.24. The maximum absolute atomic E-state index is 10.8. The SMILES string of the molecule is CC(=O)Cc1cccc(OC(C)=O)c1. The number of benzene rings is 1. The van der Waals surface area contributed by atoms with E-state index >= 15 is 0 Å². The fraction of sp³-hybridized carbons (Fsp3) is 0.273. The lowest BCUT2D eigenvalue weighted by atomic mass is 10.1. The maximum atomic E-state index is 10.8. The van der Waals surface area contributed by atoms with E-state index in [9.17, 15) is 9.59 Å². The van der Waals surface area contributed by atoms with Crippen LogP contribution in [0.3, 0.4) is 0 Å². The third kappa shape index (κ3) is 3.39. The molecular formula is C11H12O3. The number of carbonyl (C=O) groups excluding carboxylic acids is 2. The first-order chi connectivity index (χ1) is 6.58. The lowest BCUT2D eigenvalue weighted by Gasteiger charge is -2.02. The van der Waals surface area contributed by atoms with Gasteiger partial charge in [-0.05, 0) is 24.6 Å². The van der Waals surface area contributed by atoms with Crippen LogP contribution in [0.15, 0.2) is 24.3 Å². The summed E-state index contributed by atoms with van der Waals surface area (Å²) in [5.41, 5.74) is 0.858. The summed E-state index contributed by atoms with van der Waals surface area (Å²) in [4.78, 5) is 21.5. The van der Waals surface area contributed by atoms with E-state index in [4.69, 9.17) is 4.74 Å². The lowest BCUT2D eigenvalue weighted by Crippen LogP contribution is -2.02. The summed E-state index contributed by atoms with van der Waals surface area (Å²) in [6, 6.07) is 6.97. The second-order valence-corrected chi connectivity index (χ2v) is 3.12. The minimum absolute atomic E-state index is 0.0879. The van der Waals surface area contributed by atoms with Crippen molar-refractivity contribution in [3.05, 3.63) is 29.8 Å². The average Bonchev–Trinajstić information content (AvgIpc) is 2.01. The Hall–Kier alpha value is -1.64. The van der Waals surface area contributed by atoms with Crippen LogP contribution in [0.25, 0.3) is 0 Å². The zero-order valence-electron chi connectivity index (χ0n) is 8.24. The van der Waals surface area contributed by atoms with Crippen molar-refractivity contribution in [2.45, 2.75) is 20.3 Å². The van der Waals surface area contributed by atoms with Gasteiger partial charge in [0.1, 0.15) is 11.5 Å². The normalized spacial score (nSPS) is 9.57. The largest absolute Gasteiger partial charge is 0.427 e. The summed E-state index contributed by atoms with van der Waals surface area (Å²) < 4.78 is 4.89. The minimum atomic E-state index is -0.357. The van der Waals surface area contributed by atoms with Gasteiger partial charge in [-0.2, -0.15) is 0 Å². The van der Waals surface area contributed by atoms with E-state index in [-0.39, 0.29) is 11.8 Å². The Morgan fingerprint density at radius 1 is 1.29 bits per heavy atom. The highest BCUT2D eigenvalue weighted by molar-refractivity contribution is 5.78. The van der Waals surface area contributed by atoms with Gasteiger partial charge in [0.25, 0.3) is 0 Å². The molecule has 1 aromatic carbocycles. The molecule has 0 aliphatic carbocycles. The number of ketones is 1. The molecule has 14 heavy (non-hydrogen) atoms. The highest BCUT2D eigenvalue weighted by Gasteiger charge is 2.01. The van der Waals surface area contributed by atoms with Gasteiger partial charge >= 0.3 is 5.97 Å². The van der Waals surface area contributed by atoms with Gasteiger partial charge in [-0.1, -0.05) is 12.1 Å². The predicted octanol–water partition coefficient (Wildman–Crippen LogP) is 1.74. The molecule has 74 valence electrons. The second-order valence-electron chi connectivity index (χ2n) is 3.12. The first-order valence-electron chi connectivity index (χ1n) is 4.34. The number of esters is 1. The van der Waals surface area contributed by atoms with Gasteiger partial charge in [0.2, 0.25) is 0 Å². The van der Waals surface area contributed by atoms with Crippen molar-refractivity contribution in [2.24, 2.45) is 0 Å². The van der Waals surface area contributed by atoms with Crippen LogP contribution in [-0.2, 0) is 16.0 Å². The van der Waals surface area contributed by atoms with Crippen LogP contribution < -0.4 is 4.74 Å². The number of Topliss-reactive ketones (excluding diaryl/α,β-unsaturated/α-hetero) is 1. The lowest BCUT2D eigenvalue weighted by molar-refractivity contribution is -0.131. The number of ether oxygens (including phenoxy) is 1. The van der Waals surface area contributed by atoms with Crippen molar-refractivity contribution in [3.63, 3.8) is 0 Å². The average molecular weight is 192 g/mol. The van der Waals surface area contributed by atoms with Gasteiger partial charge in [0.05, 0.1) is 0 Å². The highest BCUT2D eigenvalue weighted by Crippen LogP contribution is 2.13. The molecule has 0 atom stereocenters. The number of hydrogen-bond acceptors (Lipinski definition) is 3. The van der Waals surface area contributed by atoms with Crippen LogP contribution in [0.2, 0.25) is 0 Å². The molecular weight excluding hydrogens is 180 g/mol.